The molecule has 200 valence electrons. The van der Waals surface area contributed by atoms with E-state index >= 15 is 0 Å². The van der Waals surface area contributed by atoms with Gasteiger partial charge in [-0.2, -0.15) is 0 Å². The normalized spacial score (nSPS) is 25.8. The molecule has 36 heavy (non-hydrogen) atoms. The molecule has 2 fully saturated rings. The van der Waals surface area contributed by atoms with Crippen molar-refractivity contribution in [2.75, 3.05) is 6.61 Å². The van der Waals surface area contributed by atoms with Gasteiger partial charge in [-0.3, -0.25) is 4.79 Å². The Morgan fingerprint density at radius 1 is 0.944 bits per heavy atom. The van der Waals surface area contributed by atoms with Crippen molar-refractivity contribution in [2.45, 2.75) is 109 Å². The minimum absolute atomic E-state index is 0.0674. The van der Waals surface area contributed by atoms with Crippen molar-refractivity contribution in [3.8, 4) is 17.6 Å². The average Bonchev–Trinajstić information content (AvgIpc) is 2.74. The summed E-state index contributed by atoms with van der Waals surface area (Å²) < 4.78 is 19.8. The van der Waals surface area contributed by atoms with E-state index in [1.54, 1.807) is 0 Å². The molecule has 1 aromatic carbocycles. The van der Waals surface area contributed by atoms with Crippen molar-refractivity contribution < 1.29 is 18.4 Å². The summed E-state index contributed by atoms with van der Waals surface area (Å²) >= 11 is 0. The van der Waals surface area contributed by atoms with Gasteiger partial charge in [0.25, 0.3) is 0 Å². The van der Waals surface area contributed by atoms with Crippen LogP contribution < -0.4 is 4.74 Å². The standard InChI is InChI=1S/C30H48O4Si2/c1-29(2,3)35(7,8)33-23(21-32-22-14-12-11-13-15-22)16-17-25-26-20-27(31)24(26)18-19-28(25)34-36(9,10)30(4,5)6/h11-15,23-26,28H,18-21H2,1-10H3/t23-,24+,25-,26+,28-/m0/s1. The number of hydrogen-bond donors (Lipinski definition) is 0. The number of fused-ring (bicyclic) bond motifs is 1. The fourth-order valence-electron chi connectivity index (χ4n) is 4.56. The SMILES string of the molecule is CC(C)(C)[Si](C)(C)O[C@H]1CC[C@H]2C(=O)C[C@H]2[C@@H]1C#C[C@@H](COc1ccccc1)O[Si](C)(C)C(C)(C)C. The highest BCUT2D eigenvalue weighted by atomic mass is 28.4. The van der Waals surface area contributed by atoms with E-state index in [-0.39, 0.29) is 34.1 Å². The van der Waals surface area contributed by atoms with Crippen LogP contribution in [0, 0.1) is 29.6 Å². The van der Waals surface area contributed by atoms with Gasteiger partial charge in [-0.05, 0) is 67.2 Å². The molecule has 0 bridgehead atoms. The minimum atomic E-state index is -2.06. The fraction of sp³-hybridized carbons (Fsp3) is 0.700. The van der Waals surface area contributed by atoms with Gasteiger partial charge in [0, 0.05) is 18.3 Å². The van der Waals surface area contributed by atoms with Gasteiger partial charge in [0.05, 0.1) is 6.10 Å². The second-order valence-electron chi connectivity index (χ2n) is 13.7. The predicted octanol–water partition coefficient (Wildman–Crippen LogP) is 7.46. The van der Waals surface area contributed by atoms with Gasteiger partial charge in [-0.15, -0.1) is 0 Å². The van der Waals surface area contributed by atoms with E-state index in [9.17, 15) is 4.79 Å². The number of carbonyl (C=O) groups excluding carboxylic acids is 1. The summed E-state index contributed by atoms with van der Waals surface area (Å²) in [6.07, 6.45) is 2.23. The van der Waals surface area contributed by atoms with Crippen molar-refractivity contribution in [1.29, 1.82) is 0 Å². The monoisotopic (exact) mass is 528 g/mol. The Kier molecular flexibility index (Phi) is 8.72. The number of para-hydroxylation sites is 1. The first-order chi connectivity index (χ1) is 16.5. The third-order valence-corrected chi connectivity index (χ3v) is 18.0. The first-order valence-corrected chi connectivity index (χ1v) is 19.4. The molecule has 0 radical (unpaired) electrons. The lowest BCUT2D eigenvalue weighted by Crippen LogP contribution is -2.53. The second kappa shape index (κ2) is 10.8. The molecule has 2 aliphatic carbocycles. The lowest BCUT2D eigenvalue weighted by atomic mass is 9.59. The Balaban J connectivity index is 1.87. The summed E-state index contributed by atoms with van der Waals surface area (Å²) in [5.74, 6) is 8.88. The van der Waals surface area contributed by atoms with Crippen LogP contribution in [-0.2, 0) is 13.6 Å². The summed E-state index contributed by atoms with van der Waals surface area (Å²) in [5.41, 5.74) is 0. The zero-order valence-electron chi connectivity index (χ0n) is 24.2. The van der Waals surface area contributed by atoms with Crippen LogP contribution >= 0.6 is 0 Å². The fourth-order valence-corrected chi connectivity index (χ4v) is 7.13. The van der Waals surface area contributed by atoms with Gasteiger partial charge in [0.15, 0.2) is 16.6 Å². The Bertz CT molecular complexity index is 963. The van der Waals surface area contributed by atoms with Crippen LogP contribution in [0.2, 0.25) is 36.3 Å². The summed E-state index contributed by atoms with van der Waals surface area (Å²) in [6, 6.07) is 9.86. The number of benzene rings is 1. The van der Waals surface area contributed by atoms with Crippen LogP contribution in [0.3, 0.4) is 0 Å². The topological polar surface area (TPSA) is 44.8 Å². The second-order valence-corrected chi connectivity index (χ2v) is 23.3. The molecule has 0 heterocycles. The molecule has 0 aliphatic heterocycles. The molecule has 2 aliphatic rings. The molecule has 0 aromatic heterocycles. The first kappa shape index (κ1) is 29.2. The maximum absolute atomic E-state index is 12.3. The van der Waals surface area contributed by atoms with Gasteiger partial charge >= 0.3 is 0 Å². The van der Waals surface area contributed by atoms with E-state index in [0.29, 0.717) is 24.7 Å². The van der Waals surface area contributed by atoms with Crippen molar-refractivity contribution in [3.63, 3.8) is 0 Å². The Morgan fingerprint density at radius 2 is 1.56 bits per heavy atom. The third-order valence-electron chi connectivity index (χ3n) is 9.04. The van der Waals surface area contributed by atoms with Crippen LogP contribution in [0.1, 0.15) is 60.8 Å². The highest BCUT2D eigenvalue weighted by molar-refractivity contribution is 6.74. The largest absolute Gasteiger partial charge is 0.490 e. The van der Waals surface area contributed by atoms with Crippen molar-refractivity contribution in [2.24, 2.45) is 17.8 Å². The zero-order valence-corrected chi connectivity index (χ0v) is 26.2. The predicted molar refractivity (Wildman–Crippen MR) is 153 cm³/mol. The van der Waals surface area contributed by atoms with Gasteiger partial charge in [0.1, 0.15) is 24.2 Å². The van der Waals surface area contributed by atoms with Gasteiger partial charge in [-0.1, -0.05) is 71.6 Å². The quantitative estimate of drug-likeness (QED) is 0.272. The van der Waals surface area contributed by atoms with Crippen LogP contribution in [0.25, 0.3) is 0 Å². The van der Waals surface area contributed by atoms with Crippen molar-refractivity contribution in [1.82, 2.24) is 0 Å². The summed E-state index contributed by atoms with van der Waals surface area (Å²) in [5, 5.41) is 0.207. The van der Waals surface area contributed by atoms with Crippen molar-refractivity contribution >= 4 is 22.4 Å². The van der Waals surface area contributed by atoms with E-state index in [0.717, 1.165) is 18.6 Å². The molecular formula is C30H48O4Si2. The average molecular weight is 529 g/mol. The maximum atomic E-state index is 12.3. The lowest BCUT2D eigenvalue weighted by Gasteiger charge is -2.49. The smallest absolute Gasteiger partial charge is 0.193 e. The minimum Gasteiger partial charge on any atom is -0.490 e. The van der Waals surface area contributed by atoms with Crippen LogP contribution in [0.15, 0.2) is 30.3 Å². The molecule has 0 saturated heterocycles. The van der Waals surface area contributed by atoms with Crippen LogP contribution in [0.5, 0.6) is 5.75 Å². The zero-order chi connectivity index (χ0) is 26.9. The van der Waals surface area contributed by atoms with Crippen LogP contribution in [0.4, 0.5) is 0 Å². The Hall–Kier alpha value is -1.40. The van der Waals surface area contributed by atoms with E-state index < -0.39 is 16.6 Å². The molecule has 0 unspecified atom stereocenters. The number of ether oxygens (including phenoxy) is 1. The molecule has 6 heteroatoms. The van der Waals surface area contributed by atoms with Crippen molar-refractivity contribution in [3.05, 3.63) is 30.3 Å². The van der Waals surface area contributed by atoms with E-state index in [1.807, 2.05) is 30.3 Å². The number of ketones is 1. The summed E-state index contributed by atoms with van der Waals surface area (Å²) in [7, 11) is -4.02. The molecule has 2 saturated carbocycles. The van der Waals surface area contributed by atoms with E-state index in [2.05, 4.69) is 79.6 Å². The number of carbonyl (C=O) groups is 1. The number of hydrogen-bond acceptors (Lipinski definition) is 4. The van der Waals surface area contributed by atoms with Gasteiger partial charge < -0.3 is 13.6 Å². The van der Waals surface area contributed by atoms with Gasteiger partial charge in [-0.25, -0.2) is 0 Å². The molecule has 3 rings (SSSR count). The lowest BCUT2D eigenvalue weighted by molar-refractivity contribution is -0.141. The van der Waals surface area contributed by atoms with E-state index in [1.165, 1.54) is 0 Å². The third kappa shape index (κ3) is 6.72. The number of rotatable bonds is 7. The molecule has 0 amide bonds. The highest BCUT2D eigenvalue weighted by Gasteiger charge is 2.51. The first-order valence-electron chi connectivity index (χ1n) is 13.6. The molecule has 0 spiro atoms. The maximum Gasteiger partial charge on any atom is 0.193 e. The van der Waals surface area contributed by atoms with Gasteiger partial charge in [0.2, 0.25) is 0 Å². The van der Waals surface area contributed by atoms with E-state index in [4.69, 9.17) is 13.6 Å². The highest BCUT2D eigenvalue weighted by Crippen LogP contribution is 2.49. The molecular weight excluding hydrogens is 480 g/mol. The molecule has 5 atom stereocenters. The molecule has 0 N–H and O–H groups in total. The van der Waals surface area contributed by atoms with Crippen LogP contribution in [-0.4, -0.2) is 41.2 Å². The summed E-state index contributed by atoms with van der Waals surface area (Å²) in [6.45, 7) is 23.1. The Labute approximate surface area is 222 Å². The number of Topliss-reactive ketones (excluding diaryl/α,β-unsaturated/α-hetero) is 1. The Morgan fingerprint density at radius 3 is 2.11 bits per heavy atom. The molecule has 1 aromatic rings. The summed E-state index contributed by atoms with van der Waals surface area (Å²) in [4.78, 5) is 12.3. The molecule has 4 nitrogen and oxygen atoms in total.